The molecular formula is C18H17N3O4. The predicted molar refractivity (Wildman–Crippen MR) is 89.9 cm³/mol. The minimum atomic E-state index is -0.531. The summed E-state index contributed by atoms with van der Waals surface area (Å²) in [6, 6.07) is 15.1. The monoisotopic (exact) mass is 339 g/mol. The zero-order valence-electron chi connectivity index (χ0n) is 13.6. The van der Waals surface area contributed by atoms with Crippen molar-refractivity contribution in [3.63, 3.8) is 0 Å². The van der Waals surface area contributed by atoms with Crippen LogP contribution in [0.4, 0.5) is 0 Å². The molecule has 0 aliphatic carbocycles. The molecule has 7 nitrogen and oxygen atoms in total. The minimum Gasteiger partial charge on any atom is -0.490 e. The molecule has 0 saturated carbocycles. The quantitative estimate of drug-likeness (QED) is 0.782. The Morgan fingerprint density at radius 1 is 1.04 bits per heavy atom. The van der Waals surface area contributed by atoms with Crippen molar-refractivity contribution in [1.29, 1.82) is 5.26 Å². The van der Waals surface area contributed by atoms with Crippen molar-refractivity contribution >= 4 is 11.8 Å². The van der Waals surface area contributed by atoms with Crippen LogP contribution in [-0.2, 0) is 4.79 Å². The molecule has 2 aromatic rings. The molecule has 2 N–H and O–H groups in total. The van der Waals surface area contributed by atoms with Crippen molar-refractivity contribution in [2.45, 2.75) is 6.92 Å². The Bertz CT molecular complexity index is 785. The van der Waals surface area contributed by atoms with Gasteiger partial charge in [0.1, 0.15) is 0 Å². The van der Waals surface area contributed by atoms with Gasteiger partial charge in [0, 0.05) is 11.6 Å². The summed E-state index contributed by atoms with van der Waals surface area (Å²) in [7, 11) is 0. The molecule has 0 atom stereocenters. The summed E-state index contributed by atoms with van der Waals surface area (Å²) in [5.41, 5.74) is 5.42. The SMILES string of the molecule is CCOc1cc(C#N)ccc1OCC(=O)NNC(=O)c1ccccc1. The van der Waals surface area contributed by atoms with Crippen LogP contribution in [0.1, 0.15) is 22.8 Å². The van der Waals surface area contributed by atoms with Crippen LogP contribution in [0.5, 0.6) is 11.5 Å². The lowest BCUT2D eigenvalue weighted by Gasteiger charge is -2.12. The lowest BCUT2D eigenvalue weighted by molar-refractivity contribution is -0.123. The molecule has 0 aliphatic heterocycles. The van der Waals surface area contributed by atoms with Gasteiger partial charge in [-0.25, -0.2) is 0 Å². The van der Waals surface area contributed by atoms with Gasteiger partial charge in [0.15, 0.2) is 18.1 Å². The van der Waals surface area contributed by atoms with Gasteiger partial charge >= 0.3 is 0 Å². The Kier molecular flexibility index (Phi) is 6.37. The highest BCUT2D eigenvalue weighted by Gasteiger charge is 2.10. The van der Waals surface area contributed by atoms with E-state index in [-0.39, 0.29) is 6.61 Å². The summed E-state index contributed by atoms with van der Waals surface area (Å²) >= 11 is 0. The first kappa shape index (κ1) is 17.8. The summed E-state index contributed by atoms with van der Waals surface area (Å²) < 4.78 is 10.8. The van der Waals surface area contributed by atoms with Crippen LogP contribution < -0.4 is 20.3 Å². The van der Waals surface area contributed by atoms with Gasteiger partial charge in [-0.3, -0.25) is 20.4 Å². The fourth-order valence-electron chi connectivity index (χ4n) is 1.93. The Balaban J connectivity index is 1.88. The number of nitriles is 1. The van der Waals surface area contributed by atoms with Gasteiger partial charge in [0.25, 0.3) is 11.8 Å². The highest BCUT2D eigenvalue weighted by molar-refractivity contribution is 5.95. The van der Waals surface area contributed by atoms with Crippen LogP contribution in [-0.4, -0.2) is 25.0 Å². The first-order chi connectivity index (χ1) is 12.1. The number of benzene rings is 2. The first-order valence-corrected chi connectivity index (χ1v) is 7.58. The summed E-state index contributed by atoms with van der Waals surface area (Å²) in [4.78, 5) is 23.6. The van der Waals surface area contributed by atoms with E-state index < -0.39 is 11.8 Å². The van der Waals surface area contributed by atoms with E-state index in [0.717, 1.165) is 0 Å². The molecule has 0 unspecified atom stereocenters. The van der Waals surface area contributed by atoms with Crippen molar-refractivity contribution in [2.75, 3.05) is 13.2 Å². The number of carbonyl (C=O) groups is 2. The average Bonchev–Trinajstić information content (AvgIpc) is 2.65. The van der Waals surface area contributed by atoms with Gasteiger partial charge in [0.2, 0.25) is 0 Å². The van der Waals surface area contributed by atoms with Crippen LogP contribution in [0.15, 0.2) is 48.5 Å². The van der Waals surface area contributed by atoms with E-state index in [0.29, 0.717) is 29.2 Å². The van der Waals surface area contributed by atoms with Gasteiger partial charge in [-0.2, -0.15) is 5.26 Å². The number of hydrogen-bond acceptors (Lipinski definition) is 5. The molecule has 2 aromatic carbocycles. The summed E-state index contributed by atoms with van der Waals surface area (Å²) in [5, 5.41) is 8.90. The van der Waals surface area contributed by atoms with E-state index in [1.165, 1.54) is 6.07 Å². The maximum absolute atomic E-state index is 11.8. The number of rotatable bonds is 6. The van der Waals surface area contributed by atoms with Gasteiger partial charge in [-0.05, 0) is 31.2 Å². The fourth-order valence-corrected chi connectivity index (χ4v) is 1.93. The Hall–Kier alpha value is -3.53. The smallest absolute Gasteiger partial charge is 0.276 e. The van der Waals surface area contributed by atoms with Gasteiger partial charge in [-0.15, -0.1) is 0 Å². The molecular weight excluding hydrogens is 322 g/mol. The van der Waals surface area contributed by atoms with Crippen molar-refractivity contribution in [3.8, 4) is 17.6 Å². The van der Waals surface area contributed by atoms with Crippen LogP contribution in [0.3, 0.4) is 0 Å². The van der Waals surface area contributed by atoms with Crippen LogP contribution in [0.2, 0.25) is 0 Å². The molecule has 0 heterocycles. The summed E-state index contributed by atoms with van der Waals surface area (Å²) in [6.45, 7) is 1.88. The Morgan fingerprint density at radius 3 is 2.48 bits per heavy atom. The number of amides is 2. The lowest BCUT2D eigenvalue weighted by atomic mass is 10.2. The first-order valence-electron chi connectivity index (χ1n) is 7.58. The van der Waals surface area contributed by atoms with Crippen LogP contribution in [0.25, 0.3) is 0 Å². The molecule has 0 aromatic heterocycles. The number of hydrazine groups is 1. The predicted octanol–water partition coefficient (Wildman–Crippen LogP) is 1.80. The van der Waals surface area contributed by atoms with E-state index in [4.69, 9.17) is 14.7 Å². The van der Waals surface area contributed by atoms with E-state index in [1.807, 2.05) is 6.07 Å². The molecule has 0 aliphatic rings. The standard InChI is InChI=1S/C18H17N3O4/c1-2-24-16-10-13(11-19)8-9-15(16)25-12-17(22)20-21-18(23)14-6-4-3-5-7-14/h3-10H,2,12H2,1H3,(H,20,22)(H,21,23). The van der Waals surface area contributed by atoms with Crippen molar-refractivity contribution in [2.24, 2.45) is 0 Å². The number of nitrogens with one attached hydrogen (secondary N) is 2. The van der Waals surface area contributed by atoms with E-state index in [2.05, 4.69) is 10.9 Å². The second-order valence-corrected chi connectivity index (χ2v) is 4.86. The zero-order valence-corrected chi connectivity index (χ0v) is 13.6. The average molecular weight is 339 g/mol. The molecule has 25 heavy (non-hydrogen) atoms. The number of nitrogens with zero attached hydrogens (tertiary/aromatic N) is 1. The molecule has 0 saturated heterocycles. The molecule has 0 fully saturated rings. The van der Waals surface area contributed by atoms with Crippen molar-refractivity contribution in [1.82, 2.24) is 10.9 Å². The number of carbonyl (C=O) groups excluding carboxylic acids is 2. The third-order valence-electron chi connectivity index (χ3n) is 3.08. The Morgan fingerprint density at radius 2 is 1.80 bits per heavy atom. The fraction of sp³-hybridized carbons (Fsp3) is 0.167. The molecule has 0 bridgehead atoms. The van der Waals surface area contributed by atoms with Crippen LogP contribution >= 0.6 is 0 Å². The number of ether oxygens (including phenoxy) is 2. The van der Waals surface area contributed by atoms with Crippen LogP contribution in [0, 0.1) is 11.3 Å². The third kappa shape index (κ3) is 5.25. The second-order valence-electron chi connectivity index (χ2n) is 4.86. The second kappa shape index (κ2) is 8.93. The Labute approximate surface area is 145 Å². The highest BCUT2D eigenvalue weighted by Crippen LogP contribution is 2.28. The summed E-state index contributed by atoms with van der Waals surface area (Å²) in [6.07, 6.45) is 0. The minimum absolute atomic E-state index is 0.318. The summed E-state index contributed by atoms with van der Waals surface area (Å²) in [5.74, 6) is -0.244. The van der Waals surface area contributed by atoms with E-state index in [1.54, 1.807) is 49.4 Å². The van der Waals surface area contributed by atoms with E-state index in [9.17, 15) is 9.59 Å². The van der Waals surface area contributed by atoms with Gasteiger partial charge in [0.05, 0.1) is 18.2 Å². The van der Waals surface area contributed by atoms with E-state index >= 15 is 0 Å². The van der Waals surface area contributed by atoms with Gasteiger partial charge in [-0.1, -0.05) is 18.2 Å². The lowest BCUT2D eigenvalue weighted by Crippen LogP contribution is -2.43. The maximum Gasteiger partial charge on any atom is 0.276 e. The topological polar surface area (TPSA) is 100 Å². The normalized spacial score (nSPS) is 9.60. The van der Waals surface area contributed by atoms with Crippen molar-refractivity contribution < 1.29 is 19.1 Å². The maximum atomic E-state index is 11.8. The molecule has 0 spiro atoms. The van der Waals surface area contributed by atoms with Crippen molar-refractivity contribution in [3.05, 3.63) is 59.7 Å². The zero-order chi connectivity index (χ0) is 18.1. The third-order valence-corrected chi connectivity index (χ3v) is 3.08. The largest absolute Gasteiger partial charge is 0.490 e. The number of hydrogen-bond donors (Lipinski definition) is 2. The highest BCUT2D eigenvalue weighted by atomic mass is 16.5. The molecule has 2 amide bonds. The van der Waals surface area contributed by atoms with Gasteiger partial charge < -0.3 is 9.47 Å². The molecule has 128 valence electrons. The molecule has 7 heteroatoms. The molecule has 2 rings (SSSR count). The molecule has 0 radical (unpaired) electrons.